The Morgan fingerprint density at radius 3 is 2.24 bits per heavy atom. The topological polar surface area (TPSA) is 35.2 Å². The molecule has 21 heavy (non-hydrogen) atoms. The summed E-state index contributed by atoms with van der Waals surface area (Å²) in [6.45, 7) is 0.120. The molecule has 0 aliphatic heterocycles. The highest BCUT2D eigenvalue weighted by atomic mass is 35.5. The van der Waals surface area contributed by atoms with E-state index in [1.807, 2.05) is 0 Å². The summed E-state index contributed by atoms with van der Waals surface area (Å²) in [6, 6.07) is 11.1. The Bertz CT molecular complexity index is 599. The van der Waals surface area contributed by atoms with Crippen LogP contribution in [0.15, 0.2) is 48.5 Å². The third-order valence-corrected chi connectivity index (χ3v) is 3.23. The molecule has 2 aromatic rings. The molecule has 0 aliphatic carbocycles. The molecular formula is C15H13ClF3NO. The molecule has 0 spiro atoms. The molecule has 6 heteroatoms. The Morgan fingerprint density at radius 1 is 1.05 bits per heavy atom. The van der Waals surface area contributed by atoms with E-state index in [9.17, 15) is 13.2 Å². The van der Waals surface area contributed by atoms with Gasteiger partial charge in [-0.15, -0.1) is 0 Å². The Hall–Kier alpha value is -1.72. The highest BCUT2D eigenvalue weighted by molar-refractivity contribution is 6.32. The van der Waals surface area contributed by atoms with Crippen LogP contribution in [0.1, 0.15) is 17.2 Å². The van der Waals surface area contributed by atoms with Gasteiger partial charge in [0.25, 0.3) is 0 Å². The molecule has 0 bridgehead atoms. The van der Waals surface area contributed by atoms with Crippen LogP contribution in [0.25, 0.3) is 0 Å². The molecule has 0 amide bonds. The predicted molar refractivity (Wildman–Crippen MR) is 75.3 cm³/mol. The molecule has 112 valence electrons. The van der Waals surface area contributed by atoms with Gasteiger partial charge in [-0.1, -0.05) is 35.9 Å². The van der Waals surface area contributed by atoms with Crippen LogP contribution in [-0.2, 0) is 6.18 Å². The SMILES string of the molecule is NC(COc1ccccc1Cl)c1ccc(C(F)(F)F)cc1. The second-order valence-corrected chi connectivity index (χ2v) is 4.87. The monoisotopic (exact) mass is 315 g/mol. The number of hydrogen-bond donors (Lipinski definition) is 1. The van der Waals surface area contributed by atoms with Crippen molar-refractivity contribution in [3.05, 3.63) is 64.7 Å². The number of alkyl halides is 3. The van der Waals surface area contributed by atoms with E-state index in [4.69, 9.17) is 22.1 Å². The average molecular weight is 316 g/mol. The van der Waals surface area contributed by atoms with Gasteiger partial charge in [0.1, 0.15) is 12.4 Å². The molecule has 0 saturated carbocycles. The molecule has 2 aromatic carbocycles. The minimum absolute atomic E-state index is 0.120. The summed E-state index contributed by atoms with van der Waals surface area (Å²) in [7, 11) is 0. The van der Waals surface area contributed by atoms with Gasteiger partial charge in [0, 0.05) is 0 Å². The lowest BCUT2D eigenvalue weighted by Gasteiger charge is -2.15. The average Bonchev–Trinajstić information content (AvgIpc) is 2.45. The maximum atomic E-state index is 12.5. The molecule has 0 aromatic heterocycles. The number of benzene rings is 2. The summed E-state index contributed by atoms with van der Waals surface area (Å²) in [6.07, 6.45) is -4.35. The summed E-state index contributed by atoms with van der Waals surface area (Å²) in [5, 5.41) is 0.456. The lowest BCUT2D eigenvalue weighted by Crippen LogP contribution is -2.19. The smallest absolute Gasteiger partial charge is 0.416 e. The number of halogens is 4. The Labute approximate surface area is 125 Å². The Balaban J connectivity index is 2.01. The van der Waals surface area contributed by atoms with Gasteiger partial charge in [-0.25, -0.2) is 0 Å². The fourth-order valence-electron chi connectivity index (χ4n) is 1.76. The minimum Gasteiger partial charge on any atom is -0.490 e. The van der Waals surface area contributed by atoms with Crippen LogP contribution in [-0.4, -0.2) is 6.61 Å². The number of ether oxygens (including phenoxy) is 1. The van der Waals surface area contributed by atoms with Crippen LogP contribution in [0.2, 0.25) is 5.02 Å². The molecule has 0 saturated heterocycles. The van der Waals surface area contributed by atoms with E-state index >= 15 is 0 Å². The molecule has 0 fully saturated rings. The van der Waals surface area contributed by atoms with Crippen molar-refractivity contribution in [2.24, 2.45) is 5.73 Å². The Morgan fingerprint density at radius 2 is 1.67 bits per heavy atom. The number of hydrogen-bond acceptors (Lipinski definition) is 2. The fraction of sp³-hybridized carbons (Fsp3) is 0.200. The summed E-state index contributed by atoms with van der Waals surface area (Å²) in [5.41, 5.74) is 5.76. The minimum atomic E-state index is -4.35. The van der Waals surface area contributed by atoms with E-state index < -0.39 is 17.8 Å². The molecule has 2 N–H and O–H groups in total. The van der Waals surface area contributed by atoms with Crippen molar-refractivity contribution in [2.45, 2.75) is 12.2 Å². The van der Waals surface area contributed by atoms with E-state index in [2.05, 4.69) is 0 Å². The van der Waals surface area contributed by atoms with Crippen LogP contribution in [0, 0.1) is 0 Å². The van der Waals surface area contributed by atoms with Crippen LogP contribution in [0.3, 0.4) is 0 Å². The second-order valence-electron chi connectivity index (χ2n) is 4.47. The van der Waals surface area contributed by atoms with Gasteiger partial charge in [-0.2, -0.15) is 13.2 Å². The predicted octanol–water partition coefficient (Wildman–Crippen LogP) is 4.44. The van der Waals surface area contributed by atoms with Gasteiger partial charge in [-0.05, 0) is 29.8 Å². The van der Waals surface area contributed by atoms with Crippen LogP contribution in [0.4, 0.5) is 13.2 Å². The van der Waals surface area contributed by atoms with Gasteiger partial charge in [0.15, 0.2) is 0 Å². The first kappa shape index (κ1) is 15.7. The quantitative estimate of drug-likeness (QED) is 0.905. The normalized spacial score (nSPS) is 13.0. The lowest BCUT2D eigenvalue weighted by atomic mass is 10.1. The zero-order valence-corrected chi connectivity index (χ0v) is 11.7. The summed E-state index contributed by atoms with van der Waals surface area (Å²) >= 11 is 5.93. The van der Waals surface area contributed by atoms with Gasteiger partial charge < -0.3 is 10.5 Å². The van der Waals surface area contributed by atoms with Crippen molar-refractivity contribution in [1.82, 2.24) is 0 Å². The molecular weight excluding hydrogens is 303 g/mol. The summed E-state index contributed by atoms with van der Waals surface area (Å²) in [4.78, 5) is 0. The molecule has 0 aliphatic rings. The van der Waals surface area contributed by atoms with Gasteiger partial charge in [-0.3, -0.25) is 0 Å². The standard InChI is InChI=1S/C15H13ClF3NO/c16-12-3-1-2-4-14(12)21-9-13(20)10-5-7-11(8-6-10)15(17,18)19/h1-8,13H,9,20H2. The van der Waals surface area contributed by atoms with Crippen LogP contribution in [0.5, 0.6) is 5.75 Å². The van der Waals surface area contributed by atoms with E-state index in [1.54, 1.807) is 24.3 Å². The molecule has 1 unspecified atom stereocenters. The largest absolute Gasteiger partial charge is 0.490 e. The molecule has 2 rings (SSSR count). The zero-order valence-electron chi connectivity index (χ0n) is 10.9. The summed E-state index contributed by atoms with van der Waals surface area (Å²) in [5.74, 6) is 0.488. The van der Waals surface area contributed by atoms with Crippen molar-refractivity contribution in [3.63, 3.8) is 0 Å². The van der Waals surface area contributed by atoms with E-state index in [0.717, 1.165) is 12.1 Å². The number of nitrogens with two attached hydrogens (primary N) is 1. The highest BCUT2D eigenvalue weighted by Gasteiger charge is 2.30. The van der Waals surface area contributed by atoms with Crippen molar-refractivity contribution in [1.29, 1.82) is 0 Å². The van der Waals surface area contributed by atoms with Gasteiger partial charge in [0.05, 0.1) is 16.6 Å². The maximum Gasteiger partial charge on any atom is 0.416 e. The zero-order chi connectivity index (χ0) is 15.5. The van der Waals surface area contributed by atoms with Crippen molar-refractivity contribution < 1.29 is 17.9 Å². The molecule has 0 heterocycles. The maximum absolute atomic E-state index is 12.5. The molecule has 1 atom stereocenters. The lowest BCUT2D eigenvalue weighted by molar-refractivity contribution is -0.137. The molecule has 0 radical (unpaired) electrons. The highest BCUT2D eigenvalue weighted by Crippen LogP contribution is 2.30. The Kier molecular flexibility index (Phi) is 4.75. The third-order valence-electron chi connectivity index (χ3n) is 2.92. The van der Waals surface area contributed by atoms with Crippen LogP contribution < -0.4 is 10.5 Å². The second kappa shape index (κ2) is 6.37. The molecule has 2 nitrogen and oxygen atoms in total. The van der Waals surface area contributed by atoms with Crippen molar-refractivity contribution >= 4 is 11.6 Å². The first-order valence-electron chi connectivity index (χ1n) is 6.18. The van der Waals surface area contributed by atoms with Gasteiger partial charge >= 0.3 is 6.18 Å². The number of rotatable bonds is 4. The van der Waals surface area contributed by atoms with Crippen molar-refractivity contribution in [3.8, 4) is 5.75 Å². The van der Waals surface area contributed by atoms with Crippen molar-refractivity contribution in [2.75, 3.05) is 6.61 Å². The number of para-hydroxylation sites is 1. The van der Waals surface area contributed by atoms with Crippen LogP contribution >= 0.6 is 11.6 Å². The first-order chi connectivity index (χ1) is 9.88. The van der Waals surface area contributed by atoms with Gasteiger partial charge in [0.2, 0.25) is 0 Å². The van der Waals surface area contributed by atoms with E-state index in [-0.39, 0.29) is 6.61 Å². The van der Waals surface area contributed by atoms with E-state index in [0.29, 0.717) is 16.3 Å². The van der Waals surface area contributed by atoms with E-state index in [1.165, 1.54) is 12.1 Å². The summed E-state index contributed by atoms with van der Waals surface area (Å²) < 4.78 is 42.9. The fourth-order valence-corrected chi connectivity index (χ4v) is 1.95. The third kappa shape index (κ3) is 4.12. The first-order valence-corrected chi connectivity index (χ1v) is 6.56.